The van der Waals surface area contributed by atoms with E-state index >= 15 is 0 Å². The molecule has 158 valence electrons. The van der Waals surface area contributed by atoms with Gasteiger partial charge in [-0.3, -0.25) is 4.98 Å². The van der Waals surface area contributed by atoms with E-state index in [2.05, 4.69) is 30.6 Å². The zero-order valence-corrected chi connectivity index (χ0v) is 17.2. The van der Waals surface area contributed by atoms with Crippen molar-refractivity contribution in [1.29, 1.82) is 0 Å². The van der Waals surface area contributed by atoms with E-state index in [9.17, 15) is 0 Å². The number of para-hydroxylation sites is 1. The minimum atomic E-state index is 0.381. The van der Waals surface area contributed by atoms with Crippen LogP contribution in [0.1, 0.15) is 0 Å². The number of hydrogen-bond donors (Lipinski definition) is 2. The predicted molar refractivity (Wildman–Crippen MR) is 118 cm³/mol. The molecule has 2 aromatic heterocycles. The van der Waals surface area contributed by atoms with Gasteiger partial charge in [0.25, 0.3) is 0 Å². The molecule has 0 saturated carbocycles. The Morgan fingerprint density at radius 2 is 1.74 bits per heavy atom. The fourth-order valence-electron chi connectivity index (χ4n) is 2.98. The van der Waals surface area contributed by atoms with E-state index in [1.807, 2.05) is 42.5 Å². The molecule has 0 aliphatic carbocycles. The molecule has 0 unspecified atom stereocenters. The molecule has 0 spiro atoms. The summed E-state index contributed by atoms with van der Waals surface area (Å²) in [6, 6.07) is 13.3. The smallest absolute Gasteiger partial charge is 0.230 e. The Labute approximate surface area is 179 Å². The van der Waals surface area contributed by atoms with Crippen LogP contribution in [0.2, 0.25) is 0 Å². The fourth-order valence-corrected chi connectivity index (χ4v) is 2.98. The molecule has 0 aliphatic rings. The van der Waals surface area contributed by atoms with Gasteiger partial charge in [0.05, 0.1) is 32.5 Å². The van der Waals surface area contributed by atoms with Crippen LogP contribution in [0.4, 0.5) is 17.6 Å². The highest BCUT2D eigenvalue weighted by Crippen LogP contribution is 2.34. The predicted octanol–water partition coefficient (Wildman–Crippen LogP) is 3.67. The summed E-state index contributed by atoms with van der Waals surface area (Å²) < 4.78 is 16.6. The van der Waals surface area contributed by atoms with Gasteiger partial charge >= 0.3 is 0 Å². The second kappa shape index (κ2) is 9.57. The van der Waals surface area contributed by atoms with Crippen LogP contribution in [0, 0.1) is 0 Å². The third-order valence-electron chi connectivity index (χ3n) is 4.41. The van der Waals surface area contributed by atoms with Crippen molar-refractivity contribution in [3.05, 3.63) is 61.1 Å². The van der Waals surface area contributed by atoms with Crippen molar-refractivity contribution in [2.75, 3.05) is 38.0 Å². The number of nitrogens with one attached hydrogen (secondary N) is 2. The van der Waals surface area contributed by atoms with Crippen molar-refractivity contribution >= 4 is 28.5 Å². The topological polar surface area (TPSA) is 103 Å². The number of methoxy groups -OCH3 is 2. The summed E-state index contributed by atoms with van der Waals surface area (Å²) >= 11 is 0. The van der Waals surface area contributed by atoms with Crippen LogP contribution in [-0.4, -0.2) is 47.3 Å². The summed E-state index contributed by atoms with van der Waals surface area (Å²) in [4.78, 5) is 17.5. The highest BCUT2D eigenvalue weighted by molar-refractivity contribution is 5.93. The van der Waals surface area contributed by atoms with Gasteiger partial charge in [-0.2, -0.15) is 4.98 Å². The maximum Gasteiger partial charge on any atom is 0.230 e. The van der Waals surface area contributed by atoms with Crippen LogP contribution in [-0.2, 0) is 0 Å². The molecule has 4 aromatic rings. The van der Waals surface area contributed by atoms with E-state index in [0.717, 1.165) is 11.1 Å². The van der Waals surface area contributed by atoms with Gasteiger partial charge in [-0.05, 0) is 18.2 Å². The number of rotatable bonds is 9. The average Bonchev–Trinajstić information content (AvgIpc) is 2.82. The van der Waals surface area contributed by atoms with E-state index < -0.39 is 0 Å². The number of fused-ring (bicyclic) bond motifs is 1. The van der Waals surface area contributed by atoms with Crippen LogP contribution in [0.25, 0.3) is 10.9 Å². The Morgan fingerprint density at radius 3 is 2.48 bits per heavy atom. The lowest BCUT2D eigenvalue weighted by molar-refractivity contribution is 0.333. The number of ether oxygens (including phenoxy) is 3. The maximum absolute atomic E-state index is 5.76. The number of nitrogens with zero attached hydrogens (tertiary/aromatic N) is 4. The normalized spacial score (nSPS) is 10.5. The highest BCUT2D eigenvalue weighted by Gasteiger charge is 2.14. The molecule has 0 saturated heterocycles. The number of benzene rings is 2. The van der Waals surface area contributed by atoms with Crippen LogP contribution in [0.15, 0.2) is 61.1 Å². The largest absolute Gasteiger partial charge is 0.493 e. The van der Waals surface area contributed by atoms with Gasteiger partial charge in [-0.15, -0.1) is 0 Å². The minimum absolute atomic E-state index is 0.381. The Morgan fingerprint density at radius 1 is 0.935 bits per heavy atom. The summed E-state index contributed by atoms with van der Waals surface area (Å²) in [5, 5.41) is 7.20. The van der Waals surface area contributed by atoms with Gasteiger partial charge in [-0.25, -0.2) is 9.97 Å². The Balaban J connectivity index is 1.61. The van der Waals surface area contributed by atoms with Crippen molar-refractivity contribution < 1.29 is 14.2 Å². The summed E-state index contributed by atoms with van der Waals surface area (Å²) in [7, 11) is 3.18. The van der Waals surface area contributed by atoms with Gasteiger partial charge in [0.2, 0.25) is 5.95 Å². The zero-order chi connectivity index (χ0) is 21.5. The lowest BCUT2D eigenvalue weighted by Gasteiger charge is -2.14. The van der Waals surface area contributed by atoms with Crippen LogP contribution < -0.4 is 24.8 Å². The molecule has 9 nitrogen and oxygen atoms in total. The molecule has 9 heteroatoms. The quantitative estimate of drug-likeness (QED) is 0.394. The van der Waals surface area contributed by atoms with E-state index in [1.54, 1.807) is 32.8 Å². The number of aromatic nitrogens is 4. The van der Waals surface area contributed by atoms with E-state index in [-0.39, 0.29) is 0 Å². The highest BCUT2D eigenvalue weighted by atomic mass is 16.5. The third kappa shape index (κ3) is 4.89. The zero-order valence-electron chi connectivity index (χ0n) is 17.2. The van der Waals surface area contributed by atoms with Gasteiger partial charge in [0.1, 0.15) is 18.2 Å². The molecule has 4 rings (SSSR count). The first kappa shape index (κ1) is 20.1. The molecule has 31 heavy (non-hydrogen) atoms. The third-order valence-corrected chi connectivity index (χ3v) is 4.41. The summed E-state index contributed by atoms with van der Waals surface area (Å²) in [5.41, 5.74) is 0.686. The van der Waals surface area contributed by atoms with Gasteiger partial charge in [0.15, 0.2) is 17.3 Å². The van der Waals surface area contributed by atoms with Crippen LogP contribution in [0.5, 0.6) is 17.2 Å². The molecule has 2 aromatic carbocycles. The summed E-state index contributed by atoms with van der Waals surface area (Å²) in [6.07, 6.45) is 4.80. The molecule has 2 N–H and O–H groups in total. The fraction of sp³-hybridized carbons (Fsp3) is 0.182. The van der Waals surface area contributed by atoms with Crippen molar-refractivity contribution in [1.82, 2.24) is 19.9 Å². The van der Waals surface area contributed by atoms with E-state index in [4.69, 9.17) is 14.2 Å². The number of anilines is 3. The van der Waals surface area contributed by atoms with E-state index in [0.29, 0.717) is 47.8 Å². The molecule has 2 heterocycles. The molecular weight excluding hydrogens is 396 g/mol. The standard InChI is InChI=1S/C22H22N6O3/c1-29-18-12-16-17(13-19(18)30-2)26-22(27-20-14-23-8-9-24-20)28-21(16)25-10-11-31-15-6-4-3-5-7-15/h3-9,12-14H,10-11H2,1-2H3,(H2,24,25,26,27,28). The molecule has 0 fully saturated rings. The Bertz CT molecular complexity index is 1140. The molecule has 0 amide bonds. The van der Waals surface area contributed by atoms with Crippen molar-refractivity contribution in [3.8, 4) is 17.2 Å². The molecule has 0 aliphatic heterocycles. The molecule has 0 bridgehead atoms. The molecule has 0 radical (unpaired) electrons. The second-order valence-electron chi connectivity index (χ2n) is 6.42. The van der Waals surface area contributed by atoms with E-state index in [1.165, 1.54) is 0 Å². The monoisotopic (exact) mass is 418 g/mol. The first-order valence-electron chi connectivity index (χ1n) is 9.65. The average molecular weight is 418 g/mol. The summed E-state index contributed by atoms with van der Waals surface area (Å²) in [6.45, 7) is 1.01. The minimum Gasteiger partial charge on any atom is -0.493 e. The first-order valence-corrected chi connectivity index (χ1v) is 9.65. The van der Waals surface area contributed by atoms with Crippen molar-refractivity contribution in [2.24, 2.45) is 0 Å². The van der Waals surface area contributed by atoms with Crippen LogP contribution >= 0.6 is 0 Å². The Kier molecular flexibility index (Phi) is 6.22. The SMILES string of the molecule is COc1cc2nc(Nc3cnccn3)nc(NCCOc3ccccc3)c2cc1OC. The maximum atomic E-state index is 5.76. The number of hydrogen-bond acceptors (Lipinski definition) is 9. The molecular formula is C22H22N6O3. The van der Waals surface area contributed by atoms with Crippen molar-refractivity contribution in [2.45, 2.75) is 0 Å². The summed E-state index contributed by atoms with van der Waals surface area (Å²) in [5.74, 6) is 3.55. The lowest BCUT2D eigenvalue weighted by atomic mass is 10.2. The van der Waals surface area contributed by atoms with Gasteiger partial charge < -0.3 is 24.8 Å². The first-order chi connectivity index (χ1) is 15.3. The van der Waals surface area contributed by atoms with Crippen LogP contribution in [0.3, 0.4) is 0 Å². The Hall–Kier alpha value is -4.14. The van der Waals surface area contributed by atoms with Gasteiger partial charge in [0, 0.05) is 23.8 Å². The molecule has 0 atom stereocenters. The lowest BCUT2D eigenvalue weighted by Crippen LogP contribution is -2.13. The second-order valence-corrected chi connectivity index (χ2v) is 6.42. The van der Waals surface area contributed by atoms with Gasteiger partial charge in [-0.1, -0.05) is 18.2 Å². The van der Waals surface area contributed by atoms with Crippen molar-refractivity contribution in [3.63, 3.8) is 0 Å².